The summed E-state index contributed by atoms with van der Waals surface area (Å²) in [5, 5.41) is 2.94. The number of urea groups is 1. The van der Waals surface area contributed by atoms with Crippen molar-refractivity contribution in [2.75, 3.05) is 36.9 Å². The second-order valence-corrected chi connectivity index (χ2v) is 5.45. The van der Waals surface area contributed by atoms with Gasteiger partial charge in [0.2, 0.25) is 0 Å². The minimum atomic E-state index is -0.0348. The lowest BCUT2D eigenvalue weighted by atomic mass is 10.2. The molecular formula is C16H25N3O. The number of anilines is 2. The number of rotatable bonds is 5. The second kappa shape index (κ2) is 7.17. The van der Waals surface area contributed by atoms with Crippen LogP contribution in [0.1, 0.15) is 32.6 Å². The molecule has 0 radical (unpaired) electrons. The fourth-order valence-corrected chi connectivity index (χ4v) is 2.45. The van der Waals surface area contributed by atoms with Gasteiger partial charge < -0.3 is 15.1 Å². The smallest absolute Gasteiger partial charge is 0.321 e. The molecule has 0 unspecified atom stereocenters. The molecule has 1 heterocycles. The van der Waals surface area contributed by atoms with Crippen molar-refractivity contribution < 1.29 is 4.79 Å². The number of nitrogens with zero attached hydrogens (tertiary/aromatic N) is 2. The number of carbonyl (C=O) groups is 1. The zero-order valence-electron chi connectivity index (χ0n) is 12.6. The third kappa shape index (κ3) is 3.89. The fraction of sp³-hybridized carbons (Fsp3) is 0.562. The van der Waals surface area contributed by atoms with E-state index in [0.29, 0.717) is 0 Å². The van der Waals surface area contributed by atoms with Crippen LogP contribution in [-0.2, 0) is 0 Å². The highest BCUT2D eigenvalue weighted by atomic mass is 16.2. The van der Waals surface area contributed by atoms with Gasteiger partial charge in [0.05, 0.1) is 0 Å². The largest absolute Gasteiger partial charge is 0.372 e. The summed E-state index contributed by atoms with van der Waals surface area (Å²) >= 11 is 0. The predicted molar refractivity (Wildman–Crippen MR) is 84.4 cm³/mol. The minimum absolute atomic E-state index is 0.0348. The number of benzene rings is 1. The van der Waals surface area contributed by atoms with Gasteiger partial charge in [-0.25, -0.2) is 4.79 Å². The van der Waals surface area contributed by atoms with Gasteiger partial charge in [-0.1, -0.05) is 13.3 Å². The molecule has 0 spiro atoms. The van der Waals surface area contributed by atoms with Gasteiger partial charge in [-0.3, -0.25) is 0 Å². The van der Waals surface area contributed by atoms with Crippen molar-refractivity contribution in [2.24, 2.45) is 0 Å². The van der Waals surface area contributed by atoms with Crippen molar-refractivity contribution in [2.45, 2.75) is 32.6 Å². The summed E-state index contributed by atoms with van der Waals surface area (Å²) < 4.78 is 0. The van der Waals surface area contributed by atoms with E-state index < -0.39 is 0 Å². The molecule has 0 bridgehead atoms. The lowest BCUT2D eigenvalue weighted by molar-refractivity contribution is 0.222. The SMILES string of the molecule is CCCCN(C)C(=O)Nc1ccc(N2CCCC2)cc1. The first-order valence-electron chi connectivity index (χ1n) is 7.58. The fourth-order valence-electron chi connectivity index (χ4n) is 2.45. The first kappa shape index (κ1) is 14.7. The molecule has 2 rings (SSSR count). The molecular weight excluding hydrogens is 250 g/mol. The molecule has 110 valence electrons. The third-order valence-corrected chi connectivity index (χ3v) is 3.78. The molecule has 1 N–H and O–H groups in total. The molecule has 1 aromatic carbocycles. The minimum Gasteiger partial charge on any atom is -0.372 e. The van der Waals surface area contributed by atoms with E-state index in [9.17, 15) is 4.79 Å². The predicted octanol–water partition coefficient (Wildman–Crippen LogP) is 3.55. The highest BCUT2D eigenvalue weighted by molar-refractivity contribution is 5.89. The summed E-state index contributed by atoms with van der Waals surface area (Å²) in [5.41, 5.74) is 2.11. The van der Waals surface area contributed by atoms with E-state index in [4.69, 9.17) is 0 Å². The van der Waals surface area contributed by atoms with Crippen molar-refractivity contribution in [3.63, 3.8) is 0 Å². The van der Waals surface area contributed by atoms with E-state index in [2.05, 4.69) is 29.3 Å². The van der Waals surface area contributed by atoms with Gasteiger partial charge in [-0.2, -0.15) is 0 Å². The summed E-state index contributed by atoms with van der Waals surface area (Å²) in [6, 6.07) is 8.12. The maximum atomic E-state index is 12.0. The lowest BCUT2D eigenvalue weighted by Gasteiger charge is -2.19. The molecule has 2 amide bonds. The Labute approximate surface area is 121 Å². The number of hydrogen-bond acceptors (Lipinski definition) is 2. The second-order valence-electron chi connectivity index (χ2n) is 5.45. The normalized spacial score (nSPS) is 14.4. The molecule has 0 aliphatic carbocycles. The van der Waals surface area contributed by atoms with Gasteiger partial charge in [0.15, 0.2) is 0 Å². The molecule has 1 aliphatic heterocycles. The van der Waals surface area contributed by atoms with Crippen LogP contribution in [0.4, 0.5) is 16.2 Å². The number of amides is 2. The van der Waals surface area contributed by atoms with Crippen LogP contribution >= 0.6 is 0 Å². The summed E-state index contributed by atoms with van der Waals surface area (Å²) in [6.07, 6.45) is 4.70. The summed E-state index contributed by atoms with van der Waals surface area (Å²) in [6.45, 7) is 5.22. The van der Waals surface area contributed by atoms with Crippen molar-refractivity contribution >= 4 is 17.4 Å². The Hall–Kier alpha value is -1.71. The average molecular weight is 275 g/mol. The number of nitrogens with one attached hydrogen (secondary N) is 1. The molecule has 0 saturated carbocycles. The van der Waals surface area contributed by atoms with E-state index in [1.807, 2.05) is 19.2 Å². The zero-order chi connectivity index (χ0) is 14.4. The van der Waals surface area contributed by atoms with Crippen LogP contribution in [0.3, 0.4) is 0 Å². The first-order chi connectivity index (χ1) is 9.70. The van der Waals surface area contributed by atoms with Crippen molar-refractivity contribution in [3.8, 4) is 0 Å². The Morgan fingerprint density at radius 2 is 1.90 bits per heavy atom. The number of hydrogen-bond donors (Lipinski definition) is 1. The molecule has 0 aromatic heterocycles. The number of unbranched alkanes of at least 4 members (excludes halogenated alkanes) is 1. The highest BCUT2D eigenvalue weighted by Gasteiger charge is 2.12. The molecule has 1 saturated heterocycles. The maximum absolute atomic E-state index is 12.0. The van der Waals surface area contributed by atoms with E-state index >= 15 is 0 Å². The van der Waals surface area contributed by atoms with Gasteiger partial charge in [0, 0.05) is 38.1 Å². The van der Waals surface area contributed by atoms with Crippen LogP contribution in [0.25, 0.3) is 0 Å². The van der Waals surface area contributed by atoms with Crippen LogP contribution in [0.15, 0.2) is 24.3 Å². The quantitative estimate of drug-likeness (QED) is 0.892. The average Bonchev–Trinajstić information content (AvgIpc) is 2.99. The zero-order valence-corrected chi connectivity index (χ0v) is 12.6. The topological polar surface area (TPSA) is 35.6 Å². The van der Waals surface area contributed by atoms with E-state index in [-0.39, 0.29) is 6.03 Å². The van der Waals surface area contributed by atoms with E-state index in [1.54, 1.807) is 4.90 Å². The Morgan fingerprint density at radius 3 is 2.50 bits per heavy atom. The lowest BCUT2D eigenvalue weighted by Crippen LogP contribution is -2.32. The molecule has 4 heteroatoms. The number of carbonyl (C=O) groups excluding carboxylic acids is 1. The van der Waals surface area contributed by atoms with E-state index in [1.165, 1.54) is 18.5 Å². The van der Waals surface area contributed by atoms with Crippen LogP contribution in [0.5, 0.6) is 0 Å². The van der Waals surface area contributed by atoms with Gasteiger partial charge in [0.25, 0.3) is 0 Å². The molecule has 0 atom stereocenters. The standard InChI is InChI=1S/C16H25N3O/c1-3-4-11-18(2)16(20)17-14-7-9-15(10-8-14)19-12-5-6-13-19/h7-10H,3-6,11-13H2,1-2H3,(H,17,20). The Bertz CT molecular complexity index is 424. The molecule has 4 nitrogen and oxygen atoms in total. The van der Waals surface area contributed by atoms with Crippen LogP contribution in [0.2, 0.25) is 0 Å². The summed E-state index contributed by atoms with van der Waals surface area (Å²) in [4.78, 5) is 16.1. The Balaban J connectivity index is 1.88. The van der Waals surface area contributed by atoms with Gasteiger partial charge in [-0.05, 0) is 43.5 Å². The molecule has 1 aliphatic rings. The Kier molecular flexibility index (Phi) is 5.27. The highest BCUT2D eigenvalue weighted by Crippen LogP contribution is 2.22. The Morgan fingerprint density at radius 1 is 1.25 bits per heavy atom. The van der Waals surface area contributed by atoms with Crippen LogP contribution in [-0.4, -0.2) is 37.6 Å². The van der Waals surface area contributed by atoms with Crippen LogP contribution in [0, 0.1) is 0 Å². The van der Waals surface area contributed by atoms with Crippen molar-refractivity contribution in [1.82, 2.24) is 4.90 Å². The summed E-state index contributed by atoms with van der Waals surface area (Å²) in [7, 11) is 1.84. The molecule has 1 aromatic rings. The first-order valence-corrected chi connectivity index (χ1v) is 7.58. The third-order valence-electron chi connectivity index (χ3n) is 3.78. The van der Waals surface area contributed by atoms with Gasteiger partial charge in [0.1, 0.15) is 0 Å². The van der Waals surface area contributed by atoms with Crippen LogP contribution < -0.4 is 10.2 Å². The van der Waals surface area contributed by atoms with Gasteiger partial charge in [-0.15, -0.1) is 0 Å². The molecule has 1 fully saturated rings. The summed E-state index contributed by atoms with van der Waals surface area (Å²) in [5.74, 6) is 0. The van der Waals surface area contributed by atoms with Gasteiger partial charge >= 0.3 is 6.03 Å². The monoisotopic (exact) mass is 275 g/mol. The molecule has 20 heavy (non-hydrogen) atoms. The maximum Gasteiger partial charge on any atom is 0.321 e. The van der Waals surface area contributed by atoms with Crippen molar-refractivity contribution in [3.05, 3.63) is 24.3 Å². The van der Waals surface area contributed by atoms with E-state index in [0.717, 1.165) is 38.2 Å². The van der Waals surface area contributed by atoms with Crippen molar-refractivity contribution in [1.29, 1.82) is 0 Å².